The largest absolute Gasteiger partial charge is 0.380 e. The van der Waals surface area contributed by atoms with Gasteiger partial charge in [0.2, 0.25) is 5.91 Å². The predicted octanol–water partition coefficient (Wildman–Crippen LogP) is 3.00. The standard InChI is InChI=1S/C20H31NO4/c1-6-7-8-9-10-15(11-20(5,25)19(21)24)16-14(4)17(22)12(2)13(3)18(16)23/h15,25H,6-11H2,1-5H3,(H2,21,24). The van der Waals surface area contributed by atoms with Crippen LogP contribution in [-0.2, 0) is 14.4 Å². The van der Waals surface area contributed by atoms with Crippen LogP contribution in [0.3, 0.4) is 0 Å². The van der Waals surface area contributed by atoms with Crippen molar-refractivity contribution in [2.45, 2.75) is 78.7 Å². The van der Waals surface area contributed by atoms with E-state index in [4.69, 9.17) is 5.73 Å². The molecule has 3 N–H and O–H groups in total. The zero-order chi connectivity index (χ0) is 19.4. The molecule has 5 nitrogen and oxygen atoms in total. The average Bonchev–Trinajstić information content (AvgIpc) is 2.54. The summed E-state index contributed by atoms with van der Waals surface area (Å²) >= 11 is 0. The third-order valence-corrected chi connectivity index (χ3v) is 5.22. The summed E-state index contributed by atoms with van der Waals surface area (Å²) in [6.45, 7) is 8.45. The molecule has 2 unspecified atom stereocenters. The molecule has 0 heterocycles. The minimum Gasteiger partial charge on any atom is -0.380 e. The van der Waals surface area contributed by atoms with Crippen LogP contribution in [0.4, 0.5) is 0 Å². The minimum atomic E-state index is -1.71. The number of hydrogen-bond donors (Lipinski definition) is 2. The lowest BCUT2D eigenvalue weighted by Crippen LogP contribution is -2.43. The fourth-order valence-electron chi connectivity index (χ4n) is 3.35. The minimum absolute atomic E-state index is 0.0481. The molecule has 0 saturated heterocycles. The zero-order valence-corrected chi connectivity index (χ0v) is 16.1. The van der Waals surface area contributed by atoms with Crippen LogP contribution in [0.5, 0.6) is 0 Å². The quantitative estimate of drug-likeness (QED) is 0.494. The number of carbonyl (C=O) groups excluding carboxylic acids is 3. The van der Waals surface area contributed by atoms with Gasteiger partial charge in [0.25, 0.3) is 0 Å². The van der Waals surface area contributed by atoms with Crippen LogP contribution in [0.2, 0.25) is 0 Å². The number of carbonyl (C=O) groups is 3. The first kappa shape index (κ1) is 21.3. The highest BCUT2D eigenvalue weighted by atomic mass is 16.3. The van der Waals surface area contributed by atoms with Gasteiger partial charge in [0, 0.05) is 22.3 Å². The van der Waals surface area contributed by atoms with Gasteiger partial charge in [-0.15, -0.1) is 0 Å². The number of aliphatic hydroxyl groups is 1. The molecule has 1 rings (SSSR count). The number of allylic oxidation sites excluding steroid dienone is 4. The van der Waals surface area contributed by atoms with Crippen LogP contribution >= 0.6 is 0 Å². The van der Waals surface area contributed by atoms with Crippen molar-refractivity contribution in [1.82, 2.24) is 0 Å². The maximum atomic E-state index is 12.8. The van der Waals surface area contributed by atoms with E-state index in [-0.39, 0.29) is 23.9 Å². The second-order valence-electron chi connectivity index (χ2n) is 7.34. The molecule has 0 aliphatic heterocycles. The van der Waals surface area contributed by atoms with Gasteiger partial charge in [0.1, 0.15) is 5.60 Å². The van der Waals surface area contributed by atoms with E-state index in [2.05, 4.69) is 6.92 Å². The summed E-state index contributed by atoms with van der Waals surface area (Å²) in [4.78, 5) is 36.8. The lowest BCUT2D eigenvalue weighted by molar-refractivity contribution is -0.136. The van der Waals surface area contributed by atoms with Crippen LogP contribution in [0, 0.1) is 5.92 Å². The van der Waals surface area contributed by atoms with Gasteiger partial charge in [-0.3, -0.25) is 14.4 Å². The van der Waals surface area contributed by atoms with Crippen LogP contribution in [0.25, 0.3) is 0 Å². The van der Waals surface area contributed by atoms with E-state index in [1.165, 1.54) is 6.92 Å². The van der Waals surface area contributed by atoms with Crippen LogP contribution in [-0.4, -0.2) is 28.2 Å². The molecule has 0 aromatic heterocycles. The fourth-order valence-corrected chi connectivity index (χ4v) is 3.35. The highest BCUT2D eigenvalue weighted by Gasteiger charge is 2.38. The lowest BCUT2D eigenvalue weighted by atomic mass is 9.74. The molecule has 5 heteroatoms. The third-order valence-electron chi connectivity index (χ3n) is 5.22. The molecule has 140 valence electrons. The molecule has 1 aliphatic rings. The summed E-state index contributed by atoms with van der Waals surface area (Å²) in [6, 6.07) is 0. The first-order valence-electron chi connectivity index (χ1n) is 9.04. The van der Waals surface area contributed by atoms with Crippen molar-refractivity contribution < 1.29 is 19.5 Å². The Morgan fingerprint density at radius 2 is 1.60 bits per heavy atom. The van der Waals surface area contributed by atoms with E-state index < -0.39 is 11.5 Å². The van der Waals surface area contributed by atoms with Gasteiger partial charge in [-0.1, -0.05) is 32.6 Å². The Morgan fingerprint density at radius 3 is 2.12 bits per heavy atom. The number of primary amides is 1. The molecule has 0 bridgehead atoms. The van der Waals surface area contributed by atoms with Gasteiger partial charge in [-0.2, -0.15) is 0 Å². The van der Waals surface area contributed by atoms with Crippen molar-refractivity contribution in [2.24, 2.45) is 11.7 Å². The Balaban J connectivity index is 3.19. The molecule has 25 heavy (non-hydrogen) atoms. The van der Waals surface area contributed by atoms with Gasteiger partial charge in [-0.05, 0) is 46.5 Å². The summed E-state index contributed by atoms with van der Waals surface area (Å²) in [6.07, 6.45) is 4.74. The number of unbranched alkanes of at least 4 members (excludes halogenated alkanes) is 3. The van der Waals surface area contributed by atoms with Crippen molar-refractivity contribution in [3.05, 3.63) is 22.3 Å². The van der Waals surface area contributed by atoms with Crippen molar-refractivity contribution in [2.75, 3.05) is 0 Å². The molecule has 0 aromatic rings. The van der Waals surface area contributed by atoms with Gasteiger partial charge in [-0.25, -0.2) is 0 Å². The van der Waals surface area contributed by atoms with E-state index in [9.17, 15) is 19.5 Å². The van der Waals surface area contributed by atoms with Crippen LogP contribution < -0.4 is 5.73 Å². The SMILES string of the molecule is CCCCCCC(CC(C)(O)C(N)=O)C1=C(C)C(=O)C(C)=C(C)C1=O. The molecule has 0 saturated carbocycles. The van der Waals surface area contributed by atoms with Crippen molar-refractivity contribution in [1.29, 1.82) is 0 Å². The van der Waals surface area contributed by atoms with E-state index in [1.807, 2.05) is 0 Å². The average molecular weight is 349 g/mol. The maximum absolute atomic E-state index is 12.8. The molecule has 0 aromatic carbocycles. The molecular formula is C20H31NO4. The molecule has 1 aliphatic carbocycles. The number of ketones is 2. The zero-order valence-electron chi connectivity index (χ0n) is 16.1. The second kappa shape index (κ2) is 8.56. The topological polar surface area (TPSA) is 97.5 Å². The third kappa shape index (κ3) is 4.88. The number of amides is 1. The van der Waals surface area contributed by atoms with Crippen molar-refractivity contribution >= 4 is 17.5 Å². The van der Waals surface area contributed by atoms with E-state index in [0.29, 0.717) is 28.7 Å². The highest BCUT2D eigenvalue weighted by molar-refractivity contribution is 6.24. The van der Waals surface area contributed by atoms with E-state index in [0.717, 1.165) is 25.7 Å². The first-order valence-corrected chi connectivity index (χ1v) is 9.04. The van der Waals surface area contributed by atoms with Gasteiger partial charge >= 0.3 is 0 Å². The fraction of sp³-hybridized carbons (Fsp3) is 0.650. The molecule has 1 amide bonds. The first-order chi connectivity index (χ1) is 11.5. The Bertz CT molecular complexity index is 626. The lowest BCUT2D eigenvalue weighted by Gasteiger charge is -2.30. The van der Waals surface area contributed by atoms with Gasteiger partial charge in [0.15, 0.2) is 11.6 Å². The number of nitrogens with two attached hydrogens (primary N) is 1. The van der Waals surface area contributed by atoms with Gasteiger partial charge < -0.3 is 10.8 Å². The summed E-state index contributed by atoms with van der Waals surface area (Å²) in [5.74, 6) is -1.47. The van der Waals surface area contributed by atoms with E-state index >= 15 is 0 Å². The van der Waals surface area contributed by atoms with Crippen molar-refractivity contribution in [3.63, 3.8) is 0 Å². The number of hydrogen-bond acceptors (Lipinski definition) is 4. The van der Waals surface area contributed by atoms with Crippen molar-refractivity contribution in [3.8, 4) is 0 Å². The summed E-state index contributed by atoms with van der Waals surface area (Å²) in [5, 5.41) is 10.3. The molecule has 0 spiro atoms. The smallest absolute Gasteiger partial charge is 0.249 e. The Hall–Kier alpha value is -1.75. The highest BCUT2D eigenvalue weighted by Crippen LogP contribution is 2.36. The van der Waals surface area contributed by atoms with E-state index in [1.54, 1.807) is 20.8 Å². The Morgan fingerprint density at radius 1 is 1.04 bits per heavy atom. The summed E-state index contributed by atoms with van der Waals surface area (Å²) in [7, 11) is 0. The molecule has 2 atom stereocenters. The Labute approximate surface area is 150 Å². The number of rotatable bonds is 9. The molecular weight excluding hydrogens is 318 g/mol. The summed E-state index contributed by atoms with van der Waals surface area (Å²) in [5.41, 5.74) is 5.37. The normalized spacial score (nSPS) is 19.3. The predicted molar refractivity (Wildman–Crippen MR) is 97.8 cm³/mol. The molecule has 0 radical (unpaired) electrons. The Kier molecular flexibility index (Phi) is 7.29. The van der Waals surface area contributed by atoms with Crippen LogP contribution in [0.1, 0.15) is 73.1 Å². The monoisotopic (exact) mass is 349 g/mol. The molecule has 0 fully saturated rings. The second-order valence-corrected chi connectivity index (χ2v) is 7.34. The van der Waals surface area contributed by atoms with Crippen LogP contribution in [0.15, 0.2) is 22.3 Å². The van der Waals surface area contributed by atoms with Gasteiger partial charge in [0.05, 0.1) is 0 Å². The maximum Gasteiger partial charge on any atom is 0.249 e. The summed E-state index contributed by atoms with van der Waals surface area (Å²) < 4.78 is 0. The number of Topliss-reactive ketones (excluding diaryl/α,β-unsaturated/α-hetero) is 2.